The van der Waals surface area contributed by atoms with Crippen molar-refractivity contribution >= 4 is 5.91 Å². The zero-order valence-electron chi connectivity index (χ0n) is 10.4. The van der Waals surface area contributed by atoms with E-state index in [2.05, 4.69) is 0 Å². The maximum Gasteiger partial charge on any atom is 0.242 e. The number of amides is 1. The van der Waals surface area contributed by atoms with Gasteiger partial charge in [-0.2, -0.15) is 0 Å². The topological polar surface area (TPSA) is 66.6 Å². The van der Waals surface area contributed by atoms with E-state index in [1.165, 1.54) is 0 Å². The van der Waals surface area contributed by atoms with Gasteiger partial charge >= 0.3 is 0 Å². The van der Waals surface area contributed by atoms with Gasteiger partial charge in [-0.1, -0.05) is 13.8 Å². The van der Waals surface area contributed by atoms with Crippen molar-refractivity contribution < 1.29 is 9.90 Å². The lowest BCUT2D eigenvalue weighted by Gasteiger charge is -2.37. The summed E-state index contributed by atoms with van der Waals surface area (Å²) in [4.78, 5) is 14.1. The van der Waals surface area contributed by atoms with E-state index in [9.17, 15) is 4.79 Å². The second-order valence-corrected chi connectivity index (χ2v) is 4.78. The third-order valence-corrected chi connectivity index (χ3v) is 3.85. The molecule has 0 saturated carbocycles. The van der Waals surface area contributed by atoms with Crippen LogP contribution in [0.5, 0.6) is 0 Å². The standard InChI is InChI=1S/C12H24N2O2/c1-3-12(13,4-2)11(16)14-7-5-10(9-15)6-8-14/h10,15H,3-9,13H2,1-2H3. The molecule has 0 radical (unpaired) electrons. The number of nitrogens with zero attached hydrogens (tertiary/aromatic N) is 1. The van der Waals surface area contributed by atoms with Gasteiger partial charge in [-0.3, -0.25) is 4.79 Å². The fraction of sp³-hybridized carbons (Fsp3) is 0.917. The van der Waals surface area contributed by atoms with Crippen LogP contribution in [0.3, 0.4) is 0 Å². The number of hydrogen-bond acceptors (Lipinski definition) is 3. The van der Waals surface area contributed by atoms with E-state index in [4.69, 9.17) is 10.8 Å². The van der Waals surface area contributed by atoms with Gasteiger partial charge in [0, 0.05) is 19.7 Å². The van der Waals surface area contributed by atoms with Gasteiger partial charge in [-0.15, -0.1) is 0 Å². The minimum Gasteiger partial charge on any atom is -0.396 e. The molecule has 0 aliphatic carbocycles. The first-order valence-electron chi connectivity index (χ1n) is 6.26. The van der Waals surface area contributed by atoms with Gasteiger partial charge in [-0.25, -0.2) is 0 Å². The molecule has 94 valence electrons. The number of carbonyl (C=O) groups is 1. The van der Waals surface area contributed by atoms with E-state index in [0.717, 1.165) is 25.9 Å². The lowest BCUT2D eigenvalue weighted by molar-refractivity contribution is -0.139. The first-order valence-corrected chi connectivity index (χ1v) is 6.26. The van der Waals surface area contributed by atoms with Gasteiger partial charge in [-0.05, 0) is 31.6 Å². The summed E-state index contributed by atoms with van der Waals surface area (Å²) in [6, 6.07) is 0. The third-order valence-electron chi connectivity index (χ3n) is 3.85. The van der Waals surface area contributed by atoms with Crippen molar-refractivity contribution in [2.45, 2.75) is 45.1 Å². The Balaban J connectivity index is 2.56. The van der Waals surface area contributed by atoms with E-state index in [1.807, 2.05) is 18.7 Å². The second kappa shape index (κ2) is 5.64. The predicted octanol–water partition coefficient (Wildman–Crippen LogP) is 0.735. The van der Waals surface area contributed by atoms with Crippen molar-refractivity contribution in [1.82, 2.24) is 4.90 Å². The summed E-state index contributed by atoms with van der Waals surface area (Å²) in [5.74, 6) is 0.438. The summed E-state index contributed by atoms with van der Waals surface area (Å²) in [5.41, 5.74) is 5.41. The Morgan fingerprint density at radius 1 is 1.38 bits per heavy atom. The molecule has 1 aliphatic heterocycles. The molecule has 1 saturated heterocycles. The van der Waals surface area contributed by atoms with Crippen LogP contribution in [-0.2, 0) is 4.79 Å². The Morgan fingerprint density at radius 2 is 1.88 bits per heavy atom. The first kappa shape index (κ1) is 13.5. The summed E-state index contributed by atoms with van der Waals surface area (Å²) in [5, 5.41) is 9.04. The Labute approximate surface area is 97.8 Å². The van der Waals surface area contributed by atoms with Gasteiger partial charge in [0.25, 0.3) is 0 Å². The summed E-state index contributed by atoms with van der Waals surface area (Å²) >= 11 is 0. The Morgan fingerprint density at radius 3 is 2.25 bits per heavy atom. The molecular formula is C12H24N2O2. The molecule has 0 atom stereocenters. The van der Waals surface area contributed by atoms with Crippen molar-refractivity contribution in [3.63, 3.8) is 0 Å². The van der Waals surface area contributed by atoms with Gasteiger partial charge in [0.1, 0.15) is 0 Å². The van der Waals surface area contributed by atoms with E-state index < -0.39 is 5.54 Å². The molecular weight excluding hydrogens is 204 g/mol. The predicted molar refractivity (Wildman–Crippen MR) is 63.9 cm³/mol. The molecule has 0 aromatic rings. The zero-order chi connectivity index (χ0) is 12.2. The SMILES string of the molecule is CCC(N)(CC)C(=O)N1CCC(CO)CC1. The van der Waals surface area contributed by atoms with Crippen molar-refractivity contribution in [3.8, 4) is 0 Å². The molecule has 3 N–H and O–H groups in total. The molecule has 1 amide bonds. The van der Waals surface area contributed by atoms with Crippen LogP contribution in [-0.4, -0.2) is 41.1 Å². The summed E-state index contributed by atoms with van der Waals surface area (Å²) in [7, 11) is 0. The number of hydrogen-bond donors (Lipinski definition) is 2. The van der Waals surface area contributed by atoms with Crippen molar-refractivity contribution in [3.05, 3.63) is 0 Å². The number of likely N-dealkylation sites (tertiary alicyclic amines) is 1. The largest absolute Gasteiger partial charge is 0.396 e. The summed E-state index contributed by atoms with van der Waals surface area (Å²) in [6.07, 6.45) is 3.15. The number of aliphatic hydroxyl groups is 1. The Kier molecular flexibility index (Phi) is 4.74. The van der Waals surface area contributed by atoms with Crippen LogP contribution >= 0.6 is 0 Å². The van der Waals surface area contributed by atoms with Crippen LogP contribution in [0.15, 0.2) is 0 Å². The normalized spacial score (nSPS) is 18.9. The second-order valence-electron chi connectivity index (χ2n) is 4.78. The van der Waals surface area contributed by atoms with Crippen LogP contribution < -0.4 is 5.73 Å². The lowest BCUT2D eigenvalue weighted by Crippen LogP contribution is -2.56. The Bertz CT molecular complexity index is 231. The number of piperidine rings is 1. The fourth-order valence-electron chi connectivity index (χ4n) is 2.19. The van der Waals surface area contributed by atoms with Crippen LogP contribution in [0.1, 0.15) is 39.5 Å². The van der Waals surface area contributed by atoms with Crippen molar-refractivity contribution in [2.75, 3.05) is 19.7 Å². The zero-order valence-corrected chi connectivity index (χ0v) is 10.4. The molecule has 0 aromatic carbocycles. The molecule has 1 heterocycles. The average Bonchev–Trinajstić information content (AvgIpc) is 2.37. The highest BCUT2D eigenvalue weighted by molar-refractivity contribution is 5.86. The van der Waals surface area contributed by atoms with Crippen LogP contribution in [0.2, 0.25) is 0 Å². The quantitative estimate of drug-likeness (QED) is 0.745. The van der Waals surface area contributed by atoms with Crippen LogP contribution in [0.4, 0.5) is 0 Å². The van der Waals surface area contributed by atoms with Gasteiger partial charge in [0.15, 0.2) is 0 Å². The maximum atomic E-state index is 12.2. The van der Waals surface area contributed by atoms with E-state index in [1.54, 1.807) is 0 Å². The first-order chi connectivity index (χ1) is 7.57. The summed E-state index contributed by atoms with van der Waals surface area (Å²) < 4.78 is 0. The van der Waals surface area contributed by atoms with Crippen LogP contribution in [0.25, 0.3) is 0 Å². The molecule has 4 heteroatoms. The minimum atomic E-state index is -0.688. The molecule has 1 fully saturated rings. The highest BCUT2D eigenvalue weighted by Gasteiger charge is 2.35. The highest BCUT2D eigenvalue weighted by Crippen LogP contribution is 2.21. The molecule has 0 spiro atoms. The molecule has 4 nitrogen and oxygen atoms in total. The van der Waals surface area contributed by atoms with E-state index in [0.29, 0.717) is 18.8 Å². The van der Waals surface area contributed by atoms with Crippen LogP contribution in [0, 0.1) is 5.92 Å². The van der Waals surface area contributed by atoms with E-state index in [-0.39, 0.29) is 12.5 Å². The lowest BCUT2D eigenvalue weighted by atomic mass is 9.90. The molecule has 0 bridgehead atoms. The molecule has 1 aliphatic rings. The van der Waals surface area contributed by atoms with Gasteiger partial charge in [0.2, 0.25) is 5.91 Å². The number of rotatable bonds is 4. The fourth-order valence-corrected chi connectivity index (χ4v) is 2.19. The van der Waals surface area contributed by atoms with E-state index >= 15 is 0 Å². The van der Waals surface area contributed by atoms with Crippen molar-refractivity contribution in [2.24, 2.45) is 11.7 Å². The summed E-state index contributed by atoms with van der Waals surface area (Å²) in [6.45, 7) is 5.63. The number of aliphatic hydroxyl groups excluding tert-OH is 1. The molecule has 16 heavy (non-hydrogen) atoms. The molecule has 1 rings (SSSR count). The maximum absolute atomic E-state index is 12.2. The van der Waals surface area contributed by atoms with Crippen molar-refractivity contribution in [1.29, 1.82) is 0 Å². The smallest absolute Gasteiger partial charge is 0.242 e. The highest BCUT2D eigenvalue weighted by atomic mass is 16.3. The molecule has 0 aromatic heterocycles. The van der Waals surface area contributed by atoms with Gasteiger partial charge < -0.3 is 15.7 Å². The third kappa shape index (κ3) is 2.74. The average molecular weight is 228 g/mol. The molecule has 0 unspecified atom stereocenters. The minimum absolute atomic E-state index is 0.0777. The Hall–Kier alpha value is -0.610. The monoisotopic (exact) mass is 228 g/mol. The number of nitrogens with two attached hydrogens (primary N) is 1. The number of carbonyl (C=O) groups excluding carboxylic acids is 1. The van der Waals surface area contributed by atoms with Gasteiger partial charge in [0.05, 0.1) is 5.54 Å².